The SMILES string of the molecule is CC(C)NC(=O)O[C@@H]1CC[C@H](c2cc(NC(=O)COc3cc(OC(C)C)cc(O)c3C=O)n[nH]2)C1. The molecule has 190 valence electrons. The number of alkyl carbamates (subject to hydrolysis) is 1. The normalized spacial score (nSPS) is 17.3. The Hall–Kier alpha value is -3.76. The number of carbonyl (C=O) groups excluding carboxylic acids is 3. The van der Waals surface area contributed by atoms with Crippen LogP contribution in [0, 0.1) is 0 Å². The van der Waals surface area contributed by atoms with Crippen molar-refractivity contribution in [1.82, 2.24) is 15.5 Å². The average molecular weight is 489 g/mol. The summed E-state index contributed by atoms with van der Waals surface area (Å²) in [6, 6.07) is 4.51. The van der Waals surface area contributed by atoms with Crippen LogP contribution in [-0.4, -0.2) is 58.4 Å². The fraction of sp³-hybridized carbons (Fsp3) is 0.500. The molecule has 0 radical (unpaired) electrons. The number of phenolic OH excluding ortho intramolecular Hbond substituents is 1. The zero-order valence-electron chi connectivity index (χ0n) is 20.3. The lowest BCUT2D eigenvalue weighted by Gasteiger charge is -2.14. The van der Waals surface area contributed by atoms with E-state index in [1.165, 1.54) is 12.1 Å². The van der Waals surface area contributed by atoms with Crippen molar-refractivity contribution in [2.75, 3.05) is 11.9 Å². The predicted octanol–water partition coefficient (Wildman–Crippen LogP) is 3.50. The quantitative estimate of drug-likeness (QED) is 0.371. The minimum atomic E-state index is -0.493. The number of aromatic amines is 1. The van der Waals surface area contributed by atoms with E-state index in [2.05, 4.69) is 20.8 Å². The van der Waals surface area contributed by atoms with Crippen LogP contribution in [0.4, 0.5) is 10.6 Å². The zero-order chi connectivity index (χ0) is 25.5. The van der Waals surface area contributed by atoms with Gasteiger partial charge in [0, 0.05) is 35.9 Å². The number of aromatic hydroxyl groups is 1. The number of nitrogens with one attached hydrogen (secondary N) is 3. The molecule has 1 aliphatic rings. The molecule has 0 aliphatic heterocycles. The lowest BCUT2D eigenvalue weighted by atomic mass is 10.0. The van der Waals surface area contributed by atoms with Crippen LogP contribution in [-0.2, 0) is 9.53 Å². The van der Waals surface area contributed by atoms with Crippen molar-refractivity contribution in [3.05, 3.63) is 29.5 Å². The number of hydrogen-bond donors (Lipinski definition) is 4. The van der Waals surface area contributed by atoms with Gasteiger partial charge in [-0.05, 0) is 47.0 Å². The number of aromatic nitrogens is 2. The second-order valence-corrected chi connectivity index (χ2v) is 9.02. The van der Waals surface area contributed by atoms with Gasteiger partial charge in [0.25, 0.3) is 5.91 Å². The predicted molar refractivity (Wildman–Crippen MR) is 127 cm³/mol. The second kappa shape index (κ2) is 11.6. The molecule has 4 N–H and O–H groups in total. The van der Waals surface area contributed by atoms with E-state index in [0.717, 1.165) is 18.5 Å². The van der Waals surface area contributed by atoms with Crippen LogP contribution in [0.3, 0.4) is 0 Å². The first kappa shape index (κ1) is 25.9. The monoisotopic (exact) mass is 488 g/mol. The molecule has 1 aromatic carbocycles. The van der Waals surface area contributed by atoms with E-state index in [-0.39, 0.29) is 41.2 Å². The number of rotatable bonds is 10. The number of aldehydes is 1. The van der Waals surface area contributed by atoms with Crippen LogP contribution in [0.25, 0.3) is 0 Å². The number of ether oxygens (including phenoxy) is 3. The number of carbonyl (C=O) groups is 3. The maximum atomic E-state index is 12.4. The maximum Gasteiger partial charge on any atom is 0.407 e. The van der Waals surface area contributed by atoms with Crippen LogP contribution in [0.1, 0.15) is 68.9 Å². The van der Waals surface area contributed by atoms with Gasteiger partial charge in [0.1, 0.15) is 23.4 Å². The third kappa shape index (κ3) is 7.36. The summed E-state index contributed by atoms with van der Waals surface area (Å²) in [5, 5.41) is 22.5. The molecule has 2 atom stereocenters. The van der Waals surface area contributed by atoms with Gasteiger partial charge in [0.15, 0.2) is 18.7 Å². The van der Waals surface area contributed by atoms with Crippen molar-refractivity contribution in [1.29, 1.82) is 0 Å². The first-order chi connectivity index (χ1) is 16.6. The molecular formula is C24H32N4O7. The molecule has 3 rings (SSSR count). The summed E-state index contributed by atoms with van der Waals surface area (Å²) in [6.45, 7) is 6.97. The van der Waals surface area contributed by atoms with E-state index >= 15 is 0 Å². The molecule has 2 aromatic rings. The average Bonchev–Trinajstić information content (AvgIpc) is 3.40. The fourth-order valence-electron chi connectivity index (χ4n) is 3.85. The highest BCUT2D eigenvalue weighted by Crippen LogP contribution is 2.36. The van der Waals surface area contributed by atoms with Gasteiger partial charge in [-0.1, -0.05) is 0 Å². The topological polar surface area (TPSA) is 152 Å². The molecular weight excluding hydrogens is 456 g/mol. The van der Waals surface area contributed by atoms with E-state index in [0.29, 0.717) is 24.3 Å². The number of amides is 2. The molecule has 1 heterocycles. The summed E-state index contributed by atoms with van der Waals surface area (Å²) >= 11 is 0. The fourth-order valence-corrected chi connectivity index (χ4v) is 3.85. The lowest BCUT2D eigenvalue weighted by Crippen LogP contribution is -2.33. The Morgan fingerprint density at radius 2 is 2.00 bits per heavy atom. The van der Waals surface area contributed by atoms with Crippen LogP contribution in [0.15, 0.2) is 18.2 Å². The minimum absolute atomic E-state index is 0.00971. The van der Waals surface area contributed by atoms with Gasteiger partial charge in [-0.2, -0.15) is 5.10 Å². The molecule has 11 nitrogen and oxygen atoms in total. The van der Waals surface area contributed by atoms with Crippen molar-refractivity contribution in [2.45, 2.75) is 71.1 Å². The number of H-pyrrole nitrogens is 1. The maximum absolute atomic E-state index is 12.4. The van der Waals surface area contributed by atoms with Crippen molar-refractivity contribution in [2.24, 2.45) is 0 Å². The molecule has 1 aliphatic carbocycles. The first-order valence-corrected chi connectivity index (χ1v) is 11.6. The summed E-state index contributed by atoms with van der Waals surface area (Å²) < 4.78 is 16.5. The number of nitrogens with zero attached hydrogens (tertiary/aromatic N) is 1. The zero-order valence-corrected chi connectivity index (χ0v) is 20.3. The molecule has 2 amide bonds. The van der Waals surface area contributed by atoms with Gasteiger partial charge < -0.3 is 30.0 Å². The Morgan fingerprint density at radius 3 is 2.69 bits per heavy atom. The van der Waals surface area contributed by atoms with E-state index in [1.54, 1.807) is 6.07 Å². The lowest BCUT2D eigenvalue weighted by molar-refractivity contribution is -0.118. The third-order valence-corrected chi connectivity index (χ3v) is 5.31. The summed E-state index contributed by atoms with van der Waals surface area (Å²) in [6.07, 6.45) is 1.94. The molecule has 11 heteroatoms. The highest BCUT2D eigenvalue weighted by molar-refractivity contribution is 5.91. The number of benzene rings is 1. The smallest absolute Gasteiger partial charge is 0.407 e. The van der Waals surface area contributed by atoms with Gasteiger partial charge in [-0.3, -0.25) is 14.7 Å². The van der Waals surface area contributed by atoms with Crippen molar-refractivity contribution < 1.29 is 33.7 Å². The van der Waals surface area contributed by atoms with Gasteiger partial charge in [0.2, 0.25) is 0 Å². The van der Waals surface area contributed by atoms with Crippen LogP contribution < -0.4 is 20.1 Å². The third-order valence-electron chi connectivity index (χ3n) is 5.31. The van der Waals surface area contributed by atoms with Crippen molar-refractivity contribution in [3.63, 3.8) is 0 Å². The summed E-state index contributed by atoms with van der Waals surface area (Å²) in [5.74, 6) is 0.00976. The number of phenols is 1. The van der Waals surface area contributed by atoms with E-state index in [9.17, 15) is 19.5 Å². The molecule has 35 heavy (non-hydrogen) atoms. The Morgan fingerprint density at radius 1 is 1.23 bits per heavy atom. The largest absolute Gasteiger partial charge is 0.507 e. The summed E-state index contributed by atoms with van der Waals surface area (Å²) in [5.41, 5.74) is 0.763. The van der Waals surface area contributed by atoms with Gasteiger partial charge in [-0.25, -0.2) is 4.79 Å². The second-order valence-electron chi connectivity index (χ2n) is 9.02. The van der Waals surface area contributed by atoms with Crippen molar-refractivity contribution in [3.8, 4) is 17.2 Å². The van der Waals surface area contributed by atoms with E-state index < -0.39 is 18.6 Å². The molecule has 1 aromatic heterocycles. The first-order valence-electron chi connectivity index (χ1n) is 11.6. The summed E-state index contributed by atoms with van der Waals surface area (Å²) in [4.78, 5) is 35.6. The molecule has 0 saturated heterocycles. The number of hydrogen-bond acceptors (Lipinski definition) is 8. The molecule has 1 saturated carbocycles. The van der Waals surface area contributed by atoms with Gasteiger partial charge in [0.05, 0.1) is 11.7 Å². The molecule has 0 bridgehead atoms. The molecule has 0 spiro atoms. The van der Waals surface area contributed by atoms with Crippen LogP contribution in [0.2, 0.25) is 0 Å². The Balaban J connectivity index is 1.53. The number of anilines is 1. The van der Waals surface area contributed by atoms with Gasteiger partial charge in [-0.15, -0.1) is 0 Å². The minimum Gasteiger partial charge on any atom is -0.507 e. The van der Waals surface area contributed by atoms with Crippen molar-refractivity contribution >= 4 is 24.1 Å². The Labute approximate surface area is 203 Å². The Bertz CT molecular complexity index is 1050. The highest BCUT2D eigenvalue weighted by Gasteiger charge is 2.30. The standard InChI is InChI=1S/C24H32N4O7/c1-13(2)25-24(32)35-16-6-5-15(7-16)19-10-22(28-27-19)26-23(31)12-33-21-9-17(34-14(3)4)8-20(30)18(21)11-29/h8-11,13-16,30H,5-7,12H2,1-4H3,(H,25,32)(H2,26,27,28,31)/t15-,16+/m0/s1. The van der Waals surface area contributed by atoms with Gasteiger partial charge >= 0.3 is 6.09 Å². The van der Waals surface area contributed by atoms with E-state index in [1.807, 2.05) is 27.7 Å². The highest BCUT2D eigenvalue weighted by atomic mass is 16.6. The van der Waals surface area contributed by atoms with Crippen LogP contribution in [0.5, 0.6) is 17.2 Å². The van der Waals surface area contributed by atoms with Crippen LogP contribution >= 0.6 is 0 Å². The molecule has 1 fully saturated rings. The van der Waals surface area contributed by atoms with E-state index in [4.69, 9.17) is 14.2 Å². The Kier molecular flexibility index (Phi) is 8.56. The summed E-state index contributed by atoms with van der Waals surface area (Å²) in [7, 11) is 0. The molecule has 0 unspecified atom stereocenters.